The van der Waals surface area contributed by atoms with Gasteiger partial charge in [-0.15, -0.1) is 0 Å². The van der Waals surface area contributed by atoms with E-state index in [1.807, 2.05) is 0 Å². The molecule has 0 amide bonds. The van der Waals surface area contributed by atoms with Gasteiger partial charge in [0, 0.05) is 23.2 Å². The monoisotopic (exact) mass is 624 g/mol. The highest BCUT2D eigenvalue weighted by Gasteiger charge is 2.68. The number of allylic oxidation sites excluding steroid dienone is 2. The second-order valence-corrected chi connectivity index (χ2v) is 18.6. The predicted molar refractivity (Wildman–Crippen MR) is 184 cm³/mol. The van der Waals surface area contributed by atoms with Crippen molar-refractivity contribution < 1.29 is 9.90 Å². The Hall–Kier alpha value is -2.60. The minimum atomic E-state index is -0.581. The highest BCUT2D eigenvalue weighted by Crippen LogP contribution is 2.76. The number of nitrogens with zero attached hydrogens (tertiary/aromatic N) is 1. The summed E-state index contributed by atoms with van der Waals surface area (Å²) in [6, 6.07) is 7.04. The minimum Gasteiger partial charge on any atom is -0.481 e. The molecule has 1 aliphatic heterocycles. The first-order valence-corrected chi connectivity index (χ1v) is 18.2. The van der Waals surface area contributed by atoms with Gasteiger partial charge < -0.3 is 16.2 Å². The molecule has 3 saturated carbocycles. The average molecular weight is 625 g/mol. The van der Waals surface area contributed by atoms with Crippen LogP contribution in [0.25, 0.3) is 5.57 Å². The van der Waals surface area contributed by atoms with Gasteiger partial charge in [-0.3, -0.25) is 9.89 Å². The number of carboxylic acids is 1. The molecular weight excluding hydrogens is 568 g/mol. The van der Waals surface area contributed by atoms with Gasteiger partial charge >= 0.3 is 5.97 Å². The number of hydrogen-bond donors (Lipinski definition) is 4. The van der Waals surface area contributed by atoms with Crippen LogP contribution in [0, 0.1) is 51.2 Å². The summed E-state index contributed by atoms with van der Waals surface area (Å²) in [4.78, 5) is 12.9. The van der Waals surface area contributed by atoms with E-state index in [0.717, 1.165) is 58.0 Å². The smallest absolute Gasteiger partial charge is 0.306 e. The summed E-state index contributed by atoms with van der Waals surface area (Å²) in [6.45, 7) is 19.4. The van der Waals surface area contributed by atoms with Gasteiger partial charge in [-0.1, -0.05) is 72.2 Å². The molecule has 0 radical (unpaired) electrons. The first-order valence-electron chi connectivity index (χ1n) is 18.2. The standard InChI is InChI=1S/C40H56N4O2/c1-36(2)18-27-25(28(19-36)35(45)46)11-14-40(7)32(27)26(24-10-8-9-22-21-42-16-13-23(22)24)17-31-38(5)20-29-33(43-44-34(29)41)37(3,4)30(38)12-15-39(31,40)6/h8-10,25,27-28,30-31,42H,11-21H2,1-7H3,(H,45,46)(H3,41,43,44)/t25-,27?,28+,30?,31?,38-,39+,40+/m0/s1. The summed E-state index contributed by atoms with van der Waals surface area (Å²) in [7, 11) is 0. The number of hydrogen-bond acceptors (Lipinski definition) is 4. The van der Waals surface area contributed by atoms with Gasteiger partial charge in [0.15, 0.2) is 0 Å². The number of nitrogen functional groups attached to an aromatic ring is 1. The number of H-pyrrole nitrogens is 1. The highest BCUT2D eigenvalue weighted by molar-refractivity contribution is 5.77. The van der Waals surface area contributed by atoms with Crippen LogP contribution in [-0.4, -0.2) is 27.8 Å². The van der Waals surface area contributed by atoms with Crippen LogP contribution < -0.4 is 11.1 Å². The van der Waals surface area contributed by atoms with Crippen LogP contribution in [-0.2, 0) is 29.6 Å². The molecule has 3 fully saturated rings. The molecule has 2 aromatic rings. The second kappa shape index (κ2) is 9.74. The van der Waals surface area contributed by atoms with Crippen LogP contribution in [0.15, 0.2) is 23.8 Å². The molecule has 2 heterocycles. The van der Waals surface area contributed by atoms with Crippen molar-refractivity contribution in [3.8, 4) is 0 Å². The van der Waals surface area contributed by atoms with E-state index >= 15 is 0 Å². The minimum absolute atomic E-state index is 0.00458. The number of aliphatic carboxylic acids is 1. The molecule has 8 rings (SSSR count). The van der Waals surface area contributed by atoms with E-state index < -0.39 is 5.97 Å². The molecule has 5 N–H and O–H groups in total. The van der Waals surface area contributed by atoms with Gasteiger partial charge in [0.25, 0.3) is 0 Å². The van der Waals surface area contributed by atoms with E-state index in [-0.39, 0.29) is 38.9 Å². The third-order valence-electron chi connectivity index (χ3n) is 15.6. The van der Waals surface area contributed by atoms with Gasteiger partial charge in [0.1, 0.15) is 5.82 Å². The number of fused-ring (bicyclic) bond motifs is 9. The highest BCUT2D eigenvalue weighted by atomic mass is 16.4. The summed E-state index contributed by atoms with van der Waals surface area (Å²) in [5, 5.41) is 22.2. The third kappa shape index (κ3) is 3.91. The SMILES string of the molecule is CC1(C)CC2C3=C(c4cccc5c4CCNC5)CC4[C@@]5(C)Cc6c(N)n[nH]c6C(C)(C)C5CC[C@@]4(C)[C@]3(C)CC[C@@H]2[C@H](C(=O)O)C1. The number of benzene rings is 1. The van der Waals surface area contributed by atoms with Crippen LogP contribution in [0.2, 0.25) is 0 Å². The Morgan fingerprint density at radius 2 is 1.78 bits per heavy atom. The van der Waals surface area contributed by atoms with Gasteiger partial charge in [0.05, 0.1) is 5.92 Å². The lowest BCUT2D eigenvalue weighted by atomic mass is 9.33. The van der Waals surface area contributed by atoms with Crippen molar-refractivity contribution in [2.45, 2.75) is 118 Å². The van der Waals surface area contributed by atoms with E-state index in [2.05, 4.69) is 82.2 Å². The van der Waals surface area contributed by atoms with Crippen molar-refractivity contribution in [1.82, 2.24) is 15.5 Å². The van der Waals surface area contributed by atoms with Crippen molar-refractivity contribution >= 4 is 17.4 Å². The molecule has 0 spiro atoms. The van der Waals surface area contributed by atoms with E-state index in [1.54, 1.807) is 11.1 Å². The third-order valence-corrected chi connectivity index (χ3v) is 15.6. The van der Waals surface area contributed by atoms with E-state index in [4.69, 9.17) is 5.73 Å². The number of rotatable bonds is 2. The number of carbonyl (C=O) groups is 1. The van der Waals surface area contributed by atoms with Crippen LogP contribution in [0.5, 0.6) is 0 Å². The molecule has 6 aliphatic rings. The lowest BCUT2D eigenvalue weighted by Crippen LogP contribution is -2.64. The van der Waals surface area contributed by atoms with Gasteiger partial charge in [-0.2, -0.15) is 5.10 Å². The van der Waals surface area contributed by atoms with Crippen molar-refractivity contribution in [2.75, 3.05) is 12.3 Å². The fourth-order valence-corrected chi connectivity index (χ4v) is 13.5. The normalized spacial score (nSPS) is 40.5. The number of carboxylic acid groups (broad SMARTS) is 1. The zero-order valence-corrected chi connectivity index (χ0v) is 29.3. The topological polar surface area (TPSA) is 104 Å². The fraction of sp³-hybridized carbons (Fsp3) is 0.700. The lowest BCUT2D eigenvalue weighted by Gasteiger charge is -2.70. The van der Waals surface area contributed by atoms with Crippen molar-refractivity contribution in [2.24, 2.45) is 51.2 Å². The Morgan fingerprint density at radius 3 is 2.54 bits per heavy atom. The maximum Gasteiger partial charge on any atom is 0.306 e. The first-order chi connectivity index (χ1) is 21.6. The fourth-order valence-electron chi connectivity index (χ4n) is 13.5. The number of nitrogens with two attached hydrogens (primary N) is 1. The van der Waals surface area contributed by atoms with E-state index in [0.29, 0.717) is 23.6 Å². The molecule has 8 atom stereocenters. The summed E-state index contributed by atoms with van der Waals surface area (Å²) >= 11 is 0. The summed E-state index contributed by atoms with van der Waals surface area (Å²) in [6.07, 6.45) is 9.52. The van der Waals surface area contributed by atoms with Gasteiger partial charge in [0.2, 0.25) is 0 Å². The molecule has 3 unspecified atom stereocenters. The lowest BCUT2D eigenvalue weighted by molar-refractivity contribution is -0.161. The quantitative estimate of drug-likeness (QED) is 0.272. The molecule has 1 aromatic heterocycles. The molecule has 6 heteroatoms. The van der Waals surface area contributed by atoms with Crippen LogP contribution in [0.3, 0.4) is 0 Å². The van der Waals surface area contributed by atoms with Gasteiger partial charge in [-0.25, -0.2) is 0 Å². The Kier molecular flexibility index (Phi) is 6.50. The van der Waals surface area contributed by atoms with Crippen molar-refractivity contribution in [3.63, 3.8) is 0 Å². The molecule has 46 heavy (non-hydrogen) atoms. The molecule has 0 bridgehead atoms. The molecular formula is C40H56N4O2. The number of anilines is 1. The molecule has 1 aromatic carbocycles. The summed E-state index contributed by atoms with van der Waals surface area (Å²) < 4.78 is 0. The molecule has 248 valence electrons. The predicted octanol–water partition coefficient (Wildman–Crippen LogP) is 7.92. The Labute approximate surface area is 275 Å². The van der Waals surface area contributed by atoms with Crippen molar-refractivity contribution in [1.29, 1.82) is 0 Å². The number of nitrogens with one attached hydrogen (secondary N) is 2. The van der Waals surface area contributed by atoms with Crippen molar-refractivity contribution in [3.05, 3.63) is 51.7 Å². The molecule has 6 nitrogen and oxygen atoms in total. The average Bonchev–Trinajstić information content (AvgIpc) is 3.36. The number of aromatic amines is 1. The Balaban J connectivity index is 1.38. The second-order valence-electron chi connectivity index (χ2n) is 18.6. The van der Waals surface area contributed by atoms with E-state index in [9.17, 15) is 9.90 Å². The van der Waals surface area contributed by atoms with Gasteiger partial charge in [-0.05, 0) is 132 Å². The first kappa shape index (κ1) is 30.7. The Morgan fingerprint density at radius 1 is 1.00 bits per heavy atom. The maximum absolute atomic E-state index is 12.9. The zero-order valence-electron chi connectivity index (χ0n) is 29.3. The molecule has 0 saturated heterocycles. The van der Waals surface area contributed by atoms with E-state index in [1.165, 1.54) is 40.8 Å². The largest absolute Gasteiger partial charge is 0.481 e. The summed E-state index contributed by atoms with van der Waals surface area (Å²) in [5.41, 5.74) is 17.0. The zero-order chi connectivity index (χ0) is 32.6. The number of aromatic nitrogens is 2. The maximum atomic E-state index is 12.9. The van der Waals surface area contributed by atoms with Crippen LogP contribution >= 0.6 is 0 Å². The van der Waals surface area contributed by atoms with Crippen LogP contribution in [0.1, 0.15) is 121 Å². The Bertz CT molecular complexity index is 1650. The summed E-state index contributed by atoms with van der Waals surface area (Å²) in [5.74, 6) is 1.40. The van der Waals surface area contributed by atoms with Crippen LogP contribution in [0.4, 0.5) is 5.82 Å². The molecule has 5 aliphatic carbocycles.